The van der Waals surface area contributed by atoms with Crippen molar-refractivity contribution in [1.82, 2.24) is 15.0 Å². The van der Waals surface area contributed by atoms with Crippen LogP contribution < -0.4 is 9.92 Å². The maximum absolute atomic E-state index is 12.6. The lowest BCUT2D eigenvalue weighted by atomic mass is 10.1. The predicted octanol–water partition coefficient (Wildman–Crippen LogP) is 4.00. The maximum Gasteiger partial charge on any atom is 0.339 e. The molecule has 1 aliphatic rings. The van der Waals surface area contributed by atoms with Gasteiger partial charge in [0, 0.05) is 12.1 Å². The Kier molecular flexibility index (Phi) is 5.45. The van der Waals surface area contributed by atoms with E-state index in [0.29, 0.717) is 18.3 Å². The quantitative estimate of drug-likeness (QED) is 0.250. The van der Waals surface area contributed by atoms with E-state index in [1.807, 2.05) is 25.1 Å². The van der Waals surface area contributed by atoms with Crippen LogP contribution in [0.15, 0.2) is 70.1 Å². The number of likely N-dealkylation sites (tertiary alicyclic amines) is 1. The van der Waals surface area contributed by atoms with Gasteiger partial charge in [0.1, 0.15) is 16.7 Å². The van der Waals surface area contributed by atoms with Crippen molar-refractivity contribution in [3.8, 4) is 17.1 Å². The van der Waals surface area contributed by atoms with Gasteiger partial charge in [0.25, 0.3) is 0 Å². The minimum atomic E-state index is -3.93. The highest BCUT2D eigenvalue weighted by molar-refractivity contribution is 7.87. The second-order valence-corrected chi connectivity index (χ2v) is 9.81. The highest BCUT2D eigenvalue weighted by Gasteiger charge is 2.31. The van der Waals surface area contributed by atoms with Crippen LogP contribution in [0.4, 0.5) is 0 Å². The Morgan fingerprint density at radius 3 is 2.62 bits per heavy atom. The van der Waals surface area contributed by atoms with Gasteiger partial charge in [-0.3, -0.25) is 5.41 Å². The first-order chi connectivity index (χ1) is 16.3. The van der Waals surface area contributed by atoms with Gasteiger partial charge in [-0.25, -0.2) is 0 Å². The van der Waals surface area contributed by atoms with Crippen LogP contribution in [0.25, 0.3) is 22.2 Å². The van der Waals surface area contributed by atoms with Crippen molar-refractivity contribution in [3.05, 3.63) is 72.1 Å². The van der Waals surface area contributed by atoms with E-state index in [1.165, 1.54) is 12.1 Å². The Hall–Kier alpha value is -3.92. The second-order valence-electron chi connectivity index (χ2n) is 8.27. The van der Waals surface area contributed by atoms with E-state index in [-0.39, 0.29) is 22.6 Å². The van der Waals surface area contributed by atoms with Crippen molar-refractivity contribution in [3.63, 3.8) is 0 Å². The summed E-state index contributed by atoms with van der Waals surface area (Å²) in [6.07, 6.45) is 1.70. The zero-order valence-corrected chi connectivity index (χ0v) is 19.2. The third-order valence-corrected chi connectivity index (χ3v) is 7.14. The molecule has 9 nitrogen and oxygen atoms in total. The number of nitrogens with two attached hydrogens (primary N) is 1. The molecule has 0 aliphatic carbocycles. The van der Waals surface area contributed by atoms with Gasteiger partial charge in [0.05, 0.1) is 0 Å². The molecule has 0 saturated carbocycles. The number of guanidine groups is 1. The average molecular weight is 478 g/mol. The third kappa shape index (κ3) is 4.19. The van der Waals surface area contributed by atoms with Gasteiger partial charge in [-0.1, -0.05) is 41.1 Å². The van der Waals surface area contributed by atoms with E-state index in [0.717, 1.165) is 34.7 Å². The zero-order chi connectivity index (χ0) is 23.9. The molecule has 2 heterocycles. The standard InChI is InChI=1S/C24H23N5O4S/c1-15-4-10-20(11-5-15)34(30,31)33-19-9-8-16-13-18(7-6-17(16)14-19)22-27-23(32-28-22)21-3-2-12-29(21)24(25)26/h4-11,13-14,21H,2-3,12H2,1H3,(H3,25,26). The smallest absolute Gasteiger partial charge is 0.339 e. The number of hydrogen-bond acceptors (Lipinski definition) is 7. The molecule has 174 valence electrons. The zero-order valence-electron chi connectivity index (χ0n) is 18.4. The molecule has 1 aromatic heterocycles. The number of rotatable bonds is 5. The molecule has 1 fully saturated rings. The molecule has 4 aromatic rings. The van der Waals surface area contributed by atoms with E-state index in [4.69, 9.17) is 19.8 Å². The van der Waals surface area contributed by atoms with E-state index >= 15 is 0 Å². The second kappa shape index (κ2) is 8.45. The molecule has 0 bridgehead atoms. The summed E-state index contributed by atoms with van der Waals surface area (Å²) >= 11 is 0. The summed E-state index contributed by atoms with van der Waals surface area (Å²) < 4.78 is 36.0. The summed E-state index contributed by atoms with van der Waals surface area (Å²) in [5, 5.41) is 13.5. The Morgan fingerprint density at radius 1 is 1.12 bits per heavy atom. The Bertz CT molecular complexity index is 1480. The van der Waals surface area contributed by atoms with Crippen LogP contribution in [0.3, 0.4) is 0 Å². The fraction of sp³-hybridized carbons (Fsp3) is 0.208. The number of aryl methyl sites for hydroxylation is 1. The molecule has 1 unspecified atom stereocenters. The molecule has 5 rings (SSSR count). The van der Waals surface area contributed by atoms with Gasteiger partial charge in [-0.2, -0.15) is 13.4 Å². The predicted molar refractivity (Wildman–Crippen MR) is 127 cm³/mol. The van der Waals surface area contributed by atoms with Gasteiger partial charge >= 0.3 is 10.1 Å². The fourth-order valence-electron chi connectivity index (χ4n) is 4.09. The van der Waals surface area contributed by atoms with Crippen LogP contribution in [0, 0.1) is 12.3 Å². The van der Waals surface area contributed by atoms with Crippen LogP contribution in [0.5, 0.6) is 5.75 Å². The number of hydrogen-bond donors (Lipinski definition) is 2. The van der Waals surface area contributed by atoms with Crippen LogP contribution in [0.2, 0.25) is 0 Å². The third-order valence-electron chi connectivity index (χ3n) is 5.87. The van der Waals surface area contributed by atoms with Gasteiger partial charge in [-0.15, -0.1) is 0 Å². The van der Waals surface area contributed by atoms with E-state index < -0.39 is 10.1 Å². The van der Waals surface area contributed by atoms with E-state index in [9.17, 15) is 8.42 Å². The largest absolute Gasteiger partial charge is 0.379 e. The molecular formula is C24H23N5O4S. The molecular weight excluding hydrogens is 454 g/mol. The molecule has 3 aromatic carbocycles. The van der Waals surface area contributed by atoms with E-state index in [2.05, 4.69) is 10.1 Å². The summed E-state index contributed by atoms with van der Waals surface area (Å²) in [7, 11) is -3.93. The minimum Gasteiger partial charge on any atom is -0.379 e. The van der Waals surface area contributed by atoms with Crippen LogP contribution in [-0.2, 0) is 10.1 Å². The fourth-order valence-corrected chi connectivity index (χ4v) is 5.02. The molecule has 1 atom stereocenters. The average Bonchev–Trinajstić information content (AvgIpc) is 3.48. The van der Waals surface area contributed by atoms with Crippen molar-refractivity contribution < 1.29 is 17.1 Å². The molecule has 0 spiro atoms. The Morgan fingerprint density at radius 2 is 1.85 bits per heavy atom. The molecule has 1 saturated heterocycles. The number of nitrogens with zero attached hydrogens (tertiary/aromatic N) is 3. The summed E-state index contributed by atoms with van der Waals surface area (Å²) in [6.45, 7) is 2.58. The van der Waals surface area contributed by atoms with Gasteiger partial charge in [0.15, 0.2) is 5.96 Å². The lowest BCUT2D eigenvalue weighted by Crippen LogP contribution is -2.35. The summed E-state index contributed by atoms with van der Waals surface area (Å²) in [6, 6.07) is 17.0. The number of nitrogens with one attached hydrogen (secondary N) is 1. The molecule has 0 amide bonds. The normalized spacial score (nSPS) is 16.1. The number of aromatic nitrogens is 2. The lowest BCUT2D eigenvalue weighted by molar-refractivity contribution is 0.283. The topological polar surface area (TPSA) is 135 Å². The highest BCUT2D eigenvalue weighted by atomic mass is 32.2. The van der Waals surface area contributed by atoms with Crippen LogP contribution in [0.1, 0.15) is 30.3 Å². The minimum absolute atomic E-state index is 0.00429. The summed E-state index contributed by atoms with van der Waals surface area (Å²) in [4.78, 5) is 6.39. The Labute approximate surface area is 196 Å². The molecule has 10 heteroatoms. The van der Waals surface area contributed by atoms with Crippen molar-refractivity contribution in [1.29, 1.82) is 5.41 Å². The van der Waals surface area contributed by atoms with Crippen LogP contribution in [-0.4, -0.2) is 36.0 Å². The van der Waals surface area contributed by atoms with Crippen molar-refractivity contribution in [2.24, 2.45) is 5.73 Å². The first-order valence-electron chi connectivity index (χ1n) is 10.8. The molecule has 3 N–H and O–H groups in total. The van der Waals surface area contributed by atoms with Gasteiger partial charge in [0.2, 0.25) is 11.7 Å². The summed E-state index contributed by atoms with van der Waals surface area (Å²) in [5.74, 6) is 1.10. The van der Waals surface area contributed by atoms with Crippen molar-refractivity contribution in [2.45, 2.75) is 30.7 Å². The Balaban J connectivity index is 1.38. The number of benzene rings is 3. The highest BCUT2D eigenvalue weighted by Crippen LogP contribution is 2.32. The first-order valence-corrected chi connectivity index (χ1v) is 12.2. The van der Waals surface area contributed by atoms with Crippen LogP contribution >= 0.6 is 0 Å². The van der Waals surface area contributed by atoms with E-state index in [1.54, 1.807) is 35.2 Å². The summed E-state index contributed by atoms with van der Waals surface area (Å²) in [5.41, 5.74) is 7.39. The number of fused-ring (bicyclic) bond motifs is 1. The lowest BCUT2D eigenvalue weighted by Gasteiger charge is -2.21. The monoisotopic (exact) mass is 477 g/mol. The van der Waals surface area contributed by atoms with Crippen molar-refractivity contribution >= 4 is 26.9 Å². The first kappa shape index (κ1) is 21.9. The SMILES string of the molecule is Cc1ccc(S(=O)(=O)Oc2ccc3cc(-c4noc(C5CCCN5C(=N)N)n4)ccc3c2)cc1. The van der Waals surface area contributed by atoms with Crippen molar-refractivity contribution in [2.75, 3.05) is 6.54 Å². The molecule has 1 aliphatic heterocycles. The molecule has 0 radical (unpaired) electrons. The maximum atomic E-state index is 12.6. The van der Waals surface area contributed by atoms with Gasteiger partial charge in [-0.05, 0) is 60.9 Å². The molecule has 34 heavy (non-hydrogen) atoms. The van der Waals surface area contributed by atoms with Gasteiger partial charge < -0.3 is 19.3 Å².